The first-order chi connectivity index (χ1) is 5.95. The molecule has 0 fully saturated rings. The van der Waals surface area contributed by atoms with E-state index in [1.54, 1.807) is 0 Å². The minimum atomic E-state index is 0.0781. The van der Waals surface area contributed by atoms with Crippen molar-refractivity contribution in [1.29, 1.82) is 0 Å². The van der Waals surface area contributed by atoms with Crippen LogP contribution >= 0.6 is 0 Å². The summed E-state index contributed by atoms with van der Waals surface area (Å²) in [4.78, 5) is 0. The molecule has 0 aromatic heterocycles. The molecule has 0 aromatic rings. The van der Waals surface area contributed by atoms with Gasteiger partial charge in [0.05, 0.1) is 0 Å². The maximum atomic E-state index is 13.4. The number of rotatable bonds is 1. The van der Waals surface area contributed by atoms with Gasteiger partial charge in [0.15, 0.2) is 0 Å². The van der Waals surface area contributed by atoms with Crippen LogP contribution in [0.15, 0.2) is 22.5 Å². The molecule has 0 aliphatic heterocycles. The third-order valence-corrected chi connectivity index (χ3v) is 3.04. The fourth-order valence-electron chi connectivity index (χ4n) is 2.32. The monoisotopic (exact) mass is 182 g/mol. The van der Waals surface area contributed by atoms with Crippen LogP contribution in [0.5, 0.6) is 0 Å². The van der Waals surface area contributed by atoms with E-state index in [9.17, 15) is 4.39 Å². The molecule has 0 radical (unpaired) electrons. The SMILES string of the molecule is CC1=C(F)CC(C)C(C(C)C)=C1C. The quantitative estimate of drug-likeness (QED) is 0.569. The zero-order chi connectivity index (χ0) is 10.2. The molecule has 0 aromatic carbocycles. The molecule has 0 bridgehead atoms. The first-order valence-corrected chi connectivity index (χ1v) is 5.01. The minimum Gasteiger partial charge on any atom is -0.212 e. The van der Waals surface area contributed by atoms with E-state index in [0.29, 0.717) is 18.3 Å². The summed E-state index contributed by atoms with van der Waals surface area (Å²) in [7, 11) is 0. The number of halogens is 1. The van der Waals surface area contributed by atoms with Crippen molar-refractivity contribution in [3.05, 3.63) is 22.5 Å². The Morgan fingerprint density at radius 3 is 2.23 bits per heavy atom. The predicted molar refractivity (Wildman–Crippen MR) is 55.1 cm³/mol. The molecule has 1 aliphatic carbocycles. The van der Waals surface area contributed by atoms with E-state index in [2.05, 4.69) is 20.8 Å². The van der Waals surface area contributed by atoms with E-state index in [1.165, 1.54) is 11.1 Å². The van der Waals surface area contributed by atoms with Gasteiger partial charge in [-0.25, -0.2) is 4.39 Å². The molecule has 0 amide bonds. The molecule has 1 atom stereocenters. The molecule has 0 saturated heterocycles. The highest BCUT2D eigenvalue weighted by Gasteiger charge is 2.23. The fourth-order valence-corrected chi connectivity index (χ4v) is 2.32. The van der Waals surface area contributed by atoms with Crippen molar-refractivity contribution in [1.82, 2.24) is 0 Å². The van der Waals surface area contributed by atoms with Gasteiger partial charge >= 0.3 is 0 Å². The highest BCUT2D eigenvalue weighted by atomic mass is 19.1. The van der Waals surface area contributed by atoms with Gasteiger partial charge in [-0.1, -0.05) is 26.3 Å². The third-order valence-electron chi connectivity index (χ3n) is 3.04. The largest absolute Gasteiger partial charge is 0.212 e. The van der Waals surface area contributed by atoms with Crippen molar-refractivity contribution in [3.8, 4) is 0 Å². The summed E-state index contributed by atoms with van der Waals surface area (Å²) >= 11 is 0. The van der Waals surface area contributed by atoms with Gasteiger partial charge in [-0.3, -0.25) is 0 Å². The molecule has 1 aliphatic rings. The van der Waals surface area contributed by atoms with Crippen molar-refractivity contribution >= 4 is 0 Å². The maximum Gasteiger partial charge on any atom is 0.104 e. The number of hydrogen-bond acceptors (Lipinski definition) is 0. The second-order valence-electron chi connectivity index (χ2n) is 4.37. The van der Waals surface area contributed by atoms with Crippen LogP contribution in [0, 0.1) is 11.8 Å². The molecule has 0 spiro atoms. The summed E-state index contributed by atoms with van der Waals surface area (Å²) in [6.07, 6.45) is 0.594. The molecular formula is C12H19F. The molecule has 1 rings (SSSR count). The van der Waals surface area contributed by atoms with Crippen molar-refractivity contribution in [2.24, 2.45) is 11.8 Å². The van der Waals surface area contributed by atoms with Crippen LogP contribution in [0.3, 0.4) is 0 Å². The first-order valence-electron chi connectivity index (χ1n) is 5.01. The lowest BCUT2D eigenvalue weighted by Crippen LogP contribution is -2.14. The van der Waals surface area contributed by atoms with E-state index in [4.69, 9.17) is 0 Å². The molecule has 0 saturated carbocycles. The Hall–Kier alpha value is -0.590. The molecule has 74 valence electrons. The average molecular weight is 182 g/mol. The number of hydrogen-bond donors (Lipinski definition) is 0. The van der Waals surface area contributed by atoms with Gasteiger partial charge in [0.2, 0.25) is 0 Å². The maximum absolute atomic E-state index is 13.4. The van der Waals surface area contributed by atoms with Crippen LogP contribution in [0.4, 0.5) is 4.39 Å². The van der Waals surface area contributed by atoms with E-state index < -0.39 is 0 Å². The second-order valence-corrected chi connectivity index (χ2v) is 4.37. The Kier molecular flexibility index (Phi) is 2.94. The lowest BCUT2D eigenvalue weighted by molar-refractivity contribution is 0.477. The van der Waals surface area contributed by atoms with Crippen LogP contribution in [0.1, 0.15) is 41.0 Å². The smallest absolute Gasteiger partial charge is 0.104 e. The molecule has 1 unspecified atom stereocenters. The molecule has 13 heavy (non-hydrogen) atoms. The van der Waals surface area contributed by atoms with E-state index in [0.717, 1.165) is 5.57 Å². The van der Waals surface area contributed by atoms with Crippen molar-refractivity contribution in [3.63, 3.8) is 0 Å². The van der Waals surface area contributed by atoms with Gasteiger partial charge in [0.25, 0.3) is 0 Å². The highest BCUT2D eigenvalue weighted by Crippen LogP contribution is 2.37. The van der Waals surface area contributed by atoms with E-state index in [1.807, 2.05) is 13.8 Å². The molecule has 0 heterocycles. The van der Waals surface area contributed by atoms with Gasteiger partial charge in [0, 0.05) is 6.42 Å². The lowest BCUT2D eigenvalue weighted by atomic mass is 9.79. The molecule has 0 N–H and O–H groups in total. The summed E-state index contributed by atoms with van der Waals surface area (Å²) < 4.78 is 13.4. The normalized spacial score (nSPS) is 24.7. The summed E-state index contributed by atoms with van der Waals surface area (Å²) in [5.41, 5.74) is 3.46. The van der Waals surface area contributed by atoms with Crippen molar-refractivity contribution in [2.45, 2.75) is 41.0 Å². The topological polar surface area (TPSA) is 0 Å². The Bertz CT molecular complexity index is 269. The average Bonchev–Trinajstić information content (AvgIpc) is 1.99. The lowest BCUT2D eigenvalue weighted by Gasteiger charge is -2.27. The van der Waals surface area contributed by atoms with E-state index in [-0.39, 0.29) is 5.83 Å². The minimum absolute atomic E-state index is 0.0781. The zero-order valence-corrected chi connectivity index (χ0v) is 9.24. The van der Waals surface area contributed by atoms with Gasteiger partial charge in [-0.15, -0.1) is 0 Å². The van der Waals surface area contributed by atoms with Crippen LogP contribution in [-0.2, 0) is 0 Å². The zero-order valence-electron chi connectivity index (χ0n) is 9.24. The molecule has 1 heteroatoms. The van der Waals surface area contributed by atoms with Crippen LogP contribution in [0.25, 0.3) is 0 Å². The van der Waals surface area contributed by atoms with Gasteiger partial charge in [0.1, 0.15) is 5.83 Å². The summed E-state index contributed by atoms with van der Waals surface area (Å²) in [6, 6.07) is 0. The van der Waals surface area contributed by atoms with Crippen molar-refractivity contribution < 1.29 is 4.39 Å². The van der Waals surface area contributed by atoms with Crippen LogP contribution in [0.2, 0.25) is 0 Å². The van der Waals surface area contributed by atoms with Gasteiger partial charge in [-0.05, 0) is 36.8 Å². The Balaban J connectivity index is 3.15. The Labute approximate surface area is 80.5 Å². The number of allylic oxidation sites excluding steroid dienone is 4. The molecular weight excluding hydrogens is 163 g/mol. The van der Waals surface area contributed by atoms with Crippen LogP contribution in [-0.4, -0.2) is 0 Å². The van der Waals surface area contributed by atoms with Crippen LogP contribution < -0.4 is 0 Å². The highest BCUT2D eigenvalue weighted by molar-refractivity contribution is 5.39. The predicted octanol–water partition coefficient (Wildman–Crippen LogP) is 4.24. The van der Waals surface area contributed by atoms with Gasteiger partial charge < -0.3 is 0 Å². The Morgan fingerprint density at radius 2 is 1.77 bits per heavy atom. The standard InChI is InChI=1S/C12H19F/c1-7(2)12-8(3)6-11(13)9(4)10(12)5/h7-8H,6H2,1-5H3. The van der Waals surface area contributed by atoms with Gasteiger partial charge in [-0.2, -0.15) is 0 Å². The fraction of sp³-hybridized carbons (Fsp3) is 0.667. The molecule has 0 nitrogen and oxygen atoms in total. The third kappa shape index (κ3) is 1.84. The summed E-state index contributed by atoms with van der Waals surface area (Å²) in [6.45, 7) is 10.4. The Morgan fingerprint density at radius 1 is 1.23 bits per heavy atom. The second kappa shape index (κ2) is 3.65. The summed E-state index contributed by atoms with van der Waals surface area (Å²) in [5, 5.41) is 0. The van der Waals surface area contributed by atoms with E-state index >= 15 is 0 Å². The van der Waals surface area contributed by atoms with Crippen molar-refractivity contribution in [2.75, 3.05) is 0 Å². The first kappa shape index (κ1) is 10.5. The summed E-state index contributed by atoms with van der Waals surface area (Å²) in [5.74, 6) is 0.996.